The summed E-state index contributed by atoms with van der Waals surface area (Å²) in [6, 6.07) is 0. The Bertz CT molecular complexity index is 224. The lowest BCUT2D eigenvalue weighted by molar-refractivity contribution is 0.723. The van der Waals surface area contributed by atoms with E-state index in [2.05, 4.69) is 26.4 Å². The monoisotopic (exact) mass is 150 g/mol. The Kier molecular flexibility index (Phi) is 0.694. The van der Waals surface area contributed by atoms with E-state index in [0.717, 1.165) is 5.92 Å². The molecule has 2 heterocycles. The lowest BCUT2D eigenvalue weighted by atomic mass is 10.2. The number of hydrogen-bond acceptors (Lipinski definition) is 0. The fourth-order valence-corrected chi connectivity index (χ4v) is 6.97. The molecule has 1 heteroatoms. The molecule has 0 saturated heterocycles. The molecule has 0 N–H and O–H groups in total. The van der Waals surface area contributed by atoms with Gasteiger partial charge in [-0.25, -0.2) is 0 Å². The highest BCUT2D eigenvalue weighted by atomic mass is 28.2. The summed E-state index contributed by atoms with van der Waals surface area (Å²) in [5, 5.41) is 0.660. The summed E-state index contributed by atoms with van der Waals surface area (Å²) in [5.74, 6) is 3.60. The molecule has 54 valence electrons. The predicted octanol–water partition coefficient (Wildman–Crippen LogP) is 1.92. The maximum absolute atomic E-state index is 2.74. The summed E-state index contributed by atoms with van der Waals surface area (Å²) < 4.78 is 0. The number of hydrogen-bond donors (Lipinski definition) is 0. The van der Waals surface area contributed by atoms with Crippen molar-refractivity contribution in [2.75, 3.05) is 0 Å². The Morgan fingerprint density at radius 3 is 2.00 bits per heavy atom. The van der Waals surface area contributed by atoms with Crippen molar-refractivity contribution in [3.8, 4) is 0 Å². The average molecular weight is 150 g/mol. The van der Waals surface area contributed by atoms with Crippen LogP contribution < -0.4 is 0 Å². The van der Waals surface area contributed by atoms with E-state index in [1.54, 1.807) is 0 Å². The van der Waals surface area contributed by atoms with E-state index in [1.807, 2.05) is 0 Å². The second-order valence-electron chi connectivity index (χ2n) is 5.13. The molecule has 2 bridgehead atoms. The standard InChI is InChI=1S/C9H14Si/c1-9(2,3)10-4-5-6-7(5)8(6)10/h4-8H,1-3H3. The summed E-state index contributed by atoms with van der Waals surface area (Å²) in [6.45, 7) is 7.29. The van der Waals surface area contributed by atoms with Crippen molar-refractivity contribution >= 4 is 14.1 Å². The van der Waals surface area contributed by atoms with Crippen molar-refractivity contribution in [1.82, 2.24) is 0 Å². The first-order valence-corrected chi connectivity index (χ1v) is 5.98. The lowest BCUT2D eigenvalue weighted by Crippen LogP contribution is -2.16. The van der Waals surface area contributed by atoms with E-state index in [4.69, 9.17) is 0 Å². The molecule has 2 fully saturated rings. The van der Waals surface area contributed by atoms with Crippen LogP contribution in [0.5, 0.6) is 0 Å². The van der Waals surface area contributed by atoms with Gasteiger partial charge in [-0.1, -0.05) is 26.4 Å². The zero-order valence-corrected chi connectivity index (χ0v) is 7.89. The molecule has 0 nitrogen and oxygen atoms in total. The van der Waals surface area contributed by atoms with Gasteiger partial charge in [0.05, 0.1) is 0 Å². The van der Waals surface area contributed by atoms with E-state index in [9.17, 15) is 0 Å². The van der Waals surface area contributed by atoms with E-state index < -0.39 is 0 Å². The third-order valence-electron chi connectivity index (χ3n) is 3.48. The molecule has 0 aromatic heterocycles. The molecule has 0 aromatic carbocycles. The minimum absolute atomic E-state index is 0.0193. The van der Waals surface area contributed by atoms with Gasteiger partial charge in [0.1, 0.15) is 0 Å². The van der Waals surface area contributed by atoms with E-state index in [-0.39, 0.29) is 8.41 Å². The molecule has 2 aliphatic carbocycles. The highest BCUT2D eigenvalue weighted by Crippen LogP contribution is 2.81. The van der Waals surface area contributed by atoms with Crippen molar-refractivity contribution in [3.63, 3.8) is 0 Å². The van der Waals surface area contributed by atoms with Crippen LogP contribution >= 0.6 is 0 Å². The third kappa shape index (κ3) is 0.449. The Balaban J connectivity index is 1.95. The predicted molar refractivity (Wildman–Crippen MR) is 45.8 cm³/mol. The van der Waals surface area contributed by atoms with Gasteiger partial charge in [0, 0.05) is 8.41 Å². The maximum atomic E-state index is 2.74. The van der Waals surface area contributed by atoms with Gasteiger partial charge < -0.3 is 0 Å². The first kappa shape index (κ1) is 5.70. The van der Waals surface area contributed by atoms with Gasteiger partial charge >= 0.3 is 0 Å². The zero-order chi connectivity index (χ0) is 7.09. The molecule has 4 aliphatic rings. The van der Waals surface area contributed by atoms with Crippen molar-refractivity contribution in [1.29, 1.82) is 0 Å². The average Bonchev–Trinajstić information content (AvgIpc) is 2.54. The van der Waals surface area contributed by atoms with E-state index in [1.165, 1.54) is 17.4 Å². The van der Waals surface area contributed by atoms with Crippen LogP contribution in [0.1, 0.15) is 20.8 Å². The fraction of sp³-hybridized carbons (Fsp3) is 0.889. The Hall–Kier alpha value is 0.0869. The molecule has 2 unspecified atom stereocenters. The molecule has 2 aliphatic heterocycles. The van der Waals surface area contributed by atoms with Crippen LogP contribution in [0.15, 0.2) is 0 Å². The SMILES string of the molecule is CC(C)(C)[Si]1=CC2C3C2C31. The van der Waals surface area contributed by atoms with Crippen LogP contribution in [0, 0.1) is 17.8 Å². The fourth-order valence-electron chi connectivity index (χ4n) is 2.78. The van der Waals surface area contributed by atoms with Crippen LogP contribution in [-0.4, -0.2) is 14.1 Å². The minimum atomic E-state index is -0.0193. The molecular formula is C9H14Si. The zero-order valence-electron chi connectivity index (χ0n) is 6.89. The largest absolute Gasteiger partial charge is 0.0994 e. The minimum Gasteiger partial charge on any atom is -0.0994 e. The second-order valence-corrected chi connectivity index (χ2v) is 8.54. The lowest BCUT2D eigenvalue weighted by Gasteiger charge is -2.19. The molecule has 0 spiro atoms. The molecule has 0 radical (unpaired) electrons. The summed E-state index contributed by atoms with van der Waals surface area (Å²) in [5.41, 5.74) is 3.99. The summed E-state index contributed by atoms with van der Waals surface area (Å²) in [7, 11) is -0.0193. The van der Waals surface area contributed by atoms with Crippen molar-refractivity contribution in [2.24, 2.45) is 17.8 Å². The van der Waals surface area contributed by atoms with Gasteiger partial charge in [0.25, 0.3) is 0 Å². The highest BCUT2D eigenvalue weighted by Gasteiger charge is 2.77. The van der Waals surface area contributed by atoms with Gasteiger partial charge in [0.15, 0.2) is 0 Å². The molecule has 2 atom stereocenters. The van der Waals surface area contributed by atoms with Crippen LogP contribution in [0.2, 0.25) is 10.6 Å². The summed E-state index contributed by atoms with van der Waals surface area (Å²) in [6.07, 6.45) is 0. The highest BCUT2D eigenvalue weighted by molar-refractivity contribution is 6.75. The maximum Gasteiger partial charge on any atom is 0.0154 e. The van der Waals surface area contributed by atoms with E-state index in [0.29, 0.717) is 5.04 Å². The van der Waals surface area contributed by atoms with Crippen molar-refractivity contribution in [2.45, 2.75) is 31.4 Å². The van der Waals surface area contributed by atoms with Crippen LogP contribution in [0.3, 0.4) is 0 Å². The Labute approximate surface area is 63.9 Å². The van der Waals surface area contributed by atoms with Crippen molar-refractivity contribution < 1.29 is 0 Å². The smallest absolute Gasteiger partial charge is 0.0154 e. The molecule has 10 heavy (non-hydrogen) atoms. The van der Waals surface area contributed by atoms with Gasteiger partial charge in [0.2, 0.25) is 0 Å². The van der Waals surface area contributed by atoms with Crippen LogP contribution in [0.25, 0.3) is 0 Å². The summed E-state index contributed by atoms with van der Waals surface area (Å²) >= 11 is 0. The molecule has 2 saturated carbocycles. The van der Waals surface area contributed by atoms with Crippen LogP contribution in [-0.2, 0) is 0 Å². The molecule has 0 amide bonds. The second kappa shape index (κ2) is 1.22. The van der Waals surface area contributed by atoms with Gasteiger partial charge in [-0.3, -0.25) is 0 Å². The Morgan fingerprint density at radius 1 is 1.20 bits per heavy atom. The number of rotatable bonds is 0. The van der Waals surface area contributed by atoms with Crippen LogP contribution in [0.4, 0.5) is 0 Å². The normalized spacial score (nSPS) is 54.1. The van der Waals surface area contributed by atoms with E-state index >= 15 is 0 Å². The first-order valence-electron chi connectivity index (χ1n) is 4.33. The summed E-state index contributed by atoms with van der Waals surface area (Å²) in [4.78, 5) is 0. The quantitative estimate of drug-likeness (QED) is 0.463. The topological polar surface area (TPSA) is 0 Å². The van der Waals surface area contributed by atoms with Gasteiger partial charge in [-0.2, -0.15) is 0 Å². The third-order valence-corrected chi connectivity index (χ3v) is 7.44. The Morgan fingerprint density at radius 2 is 1.80 bits per heavy atom. The molecule has 4 rings (SSSR count). The van der Waals surface area contributed by atoms with Gasteiger partial charge in [-0.15, -0.1) is 0 Å². The molecule has 0 aromatic rings. The first-order chi connectivity index (χ1) is 4.61. The molecular weight excluding hydrogens is 136 g/mol. The van der Waals surface area contributed by atoms with Crippen molar-refractivity contribution in [3.05, 3.63) is 0 Å². The van der Waals surface area contributed by atoms with Gasteiger partial charge in [-0.05, 0) is 28.3 Å².